The molecule has 0 saturated heterocycles. The van der Waals surface area contributed by atoms with Crippen LogP contribution in [0.4, 0.5) is 0 Å². The maximum atomic E-state index is 6.03. The number of hydrogen-bond acceptors (Lipinski definition) is 3. The molecule has 0 unspecified atom stereocenters. The fourth-order valence-corrected chi connectivity index (χ4v) is 2.46. The van der Waals surface area contributed by atoms with E-state index in [4.69, 9.17) is 10.5 Å². The van der Waals surface area contributed by atoms with Gasteiger partial charge in [0, 0.05) is 18.7 Å². The van der Waals surface area contributed by atoms with E-state index in [9.17, 15) is 0 Å². The van der Waals surface area contributed by atoms with E-state index in [-0.39, 0.29) is 12.0 Å². The first kappa shape index (κ1) is 11.2. The highest BCUT2D eigenvalue weighted by Crippen LogP contribution is 2.39. The monoisotopic (exact) mass is 240 g/mol. The first-order valence-electron chi connectivity index (χ1n) is 6.25. The molecular formula is C15H16N2O. The fraction of sp³-hybridized carbons (Fsp3) is 0.267. The van der Waals surface area contributed by atoms with Crippen LogP contribution < -0.4 is 10.5 Å². The zero-order valence-electron chi connectivity index (χ0n) is 10.1. The van der Waals surface area contributed by atoms with Crippen LogP contribution in [0.2, 0.25) is 0 Å². The number of benzene rings is 1. The SMILES string of the molecule is NC[C@H]1C[C@@H](c2ccccc2)Oc2cccnc21. The van der Waals surface area contributed by atoms with Gasteiger partial charge in [-0.3, -0.25) is 4.98 Å². The molecule has 1 aliphatic heterocycles. The molecular weight excluding hydrogens is 224 g/mol. The predicted octanol–water partition coefficient (Wildman–Crippen LogP) is 2.65. The molecule has 2 heterocycles. The van der Waals surface area contributed by atoms with Crippen LogP contribution in [0.3, 0.4) is 0 Å². The van der Waals surface area contributed by atoms with Crippen molar-refractivity contribution in [2.24, 2.45) is 5.73 Å². The van der Waals surface area contributed by atoms with Crippen LogP contribution in [0.25, 0.3) is 0 Å². The van der Waals surface area contributed by atoms with Crippen molar-refractivity contribution >= 4 is 0 Å². The third-order valence-corrected chi connectivity index (χ3v) is 3.41. The summed E-state index contributed by atoms with van der Waals surface area (Å²) >= 11 is 0. The van der Waals surface area contributed by atoms with E-state index in [1.165, 1.54) is 5.56 Å². The average molecular weight is 240 g/mol. The van der Waals surface area contributed by atoms with E-state index in [1.54, 1.807) is 6.20 Å². The third-order valence-electron chi connectivity index (χ3n) is 3.41. The molecule has 0 fully saturated rings. The van der Waals surface area contributed by atoms with Crippen LogP contribution in [0.5, 0.6) is 5.75 Å². The second-order valence-corrected chi connectivity index (χ2v) is 4.57. The maximum absolute atomic E-state index is 6.03. The molecule has 0 saturated carbocycles. The van der Waals surface area contributed by atoms with Crippen LogP contribution in [0.15, 0.2) is 48.7 Å². The fourth-order valence-electron chi connectivity index (χ4n) is 2.46. The van der Waals surface area contributed by atoms with Crippen molar-refractivity contribution in [3.05, 3.63) is 59.9 Å². The Kier molecular flexibility index (Phi) is 2.99. The molecule has 2 atom stereocenters. The normalized spacial score (nSPS) is 22.1. The van der Waals surface area contributed by atoms with Crippen LogP contribution in [-0.4, -0.2) is 11.5 Å². The van der Waals surface area contributed by atoms with Gasteiger partial charge in [0.2, 0.25) is 0 Å². The zero-order valence-corrected chi connectivity index (χ0v) is 10.1. The van der Waals surface area contributed by atoms with Crippen molar-refractivity contribution in [3.63, 3.8) is 0 Å². The van der Waals surface area contributed by atoms with E-state index in [1.807, 2.05) is 30.3 Å². The Hall–Kier alpha value is -1.87. The molecule has 3 nitrogen and oxygen atoms in total. The van der Waals surface area contributed by atoms with Gasteiger partial charge in [-0.15, -0.1) is 0 Å². The van der Waals surface area contributed by atoms with Gasteiger partial charge in [-0.1, -0.05) is 30.3 Å². The van der Waals surface area contributed by atoms with E-state index >= 15 is 0 Å². The first-order valence-corrected chi connectivity index (χ1v) is 6.25. The Labute approximate surface area is 107 Å². The van der Waals surface area contributed by atoms with E-state index in [0.717, 1.165) is 17.9 Å². The number of rotatable bonds is 2. The van der Waals surface area contributed by atoms with Crippen LogP contribution in [0.1, 0.15) is 29.7 Å². The van der Waals surface area contributed by atoms with Gasteiger partial charge in [-0.05, 0) is 24.1 Å². The number of nitrogens with zero attached hydrogens (tertiary/aromatic N) is 1. The lowest BCUT2D eigenvalue weighted by atomic mass is 9.91. The number of nitrogens with two attached hydrogens (primary N) is 1. The first-order chi connectivity index (χ1) is 8.88. The molecule has 0 radical (unpaired) electrons. The minimum Gasteiger partial charge on any atom is -0.484 e. The molecule has 3 heteroatoms. The van der Waals surface area contributed by atoms with Crippen molar-refractivity contribution in [2.75, 3.05) is 6.54 Å². The van der Waals surface area contributed by atoms with Gasteiger partial charge >= 0.3 is 0 Å². The second-order valence-electron chi connectivity index (χ2n) is 4.57. The quantitative estimate of drug-likeness (QED) is 0.877. The minimum absolute atomic E-state index is 0.0800. The van der Waals surface area contributed by atoms with E-state index in [2.05, 4.69) is 17.1 Å². The molecule has 1 aliphatic rings. The van der Waals surface area contributed by atoms with Crippen molar-refractivity contribution < 1.29 is 4.74 Å². The standard InChI is InChI=1S/C15H16N2O/c16-10-12-9-14(11-5-2-1-3-6-11)18-13-7-4-8-17-15(12)13/h1-8,12,14H,9-10,16H2/t12-,14+/m1/s1. The lowest BCUT2D eigenvalue weighted by Gasteiger charge is -2.30. The van der Waals surface area contributed by atoms with Gasteiger partial charge in [0.1, 0.15) is 11.9 Å². The number of fused-ring (bicyclic) bond motifs is 1. The van der Waals surface area contributed by atoms with Crippen LogP contribution in [-0.2, 0) is 0 Å². The summed E-state index contributed by atoms with van der Waals surface area (Å²) < 4.78 is 6.03. The number of ether oxygens (including phenoxy) is 1. The molecule has 0 bridgehead atoms. The van der Waals surface area contributed by atoms with Gasteiger partial charge in [0.05, 0.1) is 5.69 Å². The Morgan fingerprint density at radius 1 is 1.17 bits per heavy atom. The van der Waals surface area contributed by atoms with Gasteiger partial charge in [-0.25, -0.2) is 0 Å². The summed E-state index contributed by atoms with van der Waals surface area (Å²) in [7, 11) is 0. The van der Waals surface area contributed by atoms with E-state index in [0.29, 0.717) is 6.54 Å². The summed E-state index contributed by atoms with van der Waals surface area (Å²) in [5.74, 6) is 1.15. The molecule has 0 spiro atoms. The summed E-state index contributed by atoms with van der Waals surface area (Å²) in [6, 6.07) is 14.2. The molecule has 18 heavy (non-hydrogen) atoms. The average Bonchev–Trinajstić information content (AvgIpc) is 2.47. The summed E-state index contributed by atoms with van der Waals surface area (Å²) in [5, 5.41) is 0. The Balaban J connectivity index is 1.95. The maximum Gasteiger partial charge on any atom is 0.142 e. The van der Waals surface area contributed by atoms with Crippen LogP contribution >= 0.6 is 0 Å². The van der Waals surface area contributed by atoms with Crippen molar-refractivity contribution in [1.29, 1.82) is 0 Å². The third kappa shape index (κ3) is 1.97. The zero-order chi connectivity index (χ0) is 12.4. The molecule has 1 aromatic heterocycles. The number of pyridine rings is 1. The van der Waals surface area contributed by atoms with Crippen LogP contribution in [0, 0.1) is 0 Å². The molecule has 2 N–H and O–H groups in total. The molecule has 92 valence electrons. The summed E-state index contributed by atoms with van der Waals surface area (Å²) in [5.41, 5.74) is 8.06. The second kappa shape index (κ2) is 4.78. The van der Waals surface area contributed by atoms with Gasteiger partial charge in [0.25, 0.3) is 0 Å². The largest absolute Gasteiger partial charge is 0.484 e. The number of hydrogen-bond donors (Lipinski definition) is 1. The molecule has 1 aromatic carbocycles. The van der Waals surface area contributed by atoms with E-state index < -0.39 is 0 Å². The highest BCUT2D eigenvalue weighted by atomic mass is 16.5. The highest BCUT2D eigenvalue weighted by molar-refractivity contribution is 5.34. The molecule has 0 amide bonds. The lowest BCUT2D eigenvalue weighted by molar-refractivity contribution is 0.159. The molecule has 3 rings (SSSR count). The Bertz CT molecular complexity index is 527. The van der Waals surface area contributed by atoms with Gasteiger partial charge < -0.3 is 10.5 Å². The smallest absolute Gasteiger partial charge is 0.142 e. The lowest BCUT2D eigenvalue weighted by Crippen LogP contribution is -2.25. The topological polar surface area (TPSA) is 48.1 Å². The number of aromatic nitrogens is 1. The Morgan fingerprint density at radius 3 is 2.78 bits per heavy atom. The molecule has 0 aliphatic carbocycles. The molecule has 2 aromatic rings. The summed E-state index contributed by atoms with van der Waals surface area (Å²) in [6.45, 7) is 0.608. The Morgan fingerprint density at radius 2 is 2.00 bits per heavy atom. The minimum atomic E-state index is 0.0800. The summed E-state index contributed by atoms with van der Waals surface area (Å²) in [4.78, 5) is 4.39. The van der Waals surface area contributed by atoms with Gasteiger partial charge in [0.15, 0.2) is 0 Å². The van der Waals surface area contributed by atoms with Crippen molar-refractivity contribution in [2.45, 2.75) is 18.4 Å². The van der Waals surface area contributed by atoms with Crippen molar-refractivity contribution in [3.8, 4) is 5.75 Å². The summed E-state index contributed by atoms with van der Waals surface area (Å²) in [6.07, 6.45) is 2.77. The van der Waals surface area contributed by atoms with Crippen molar-refractivity contribution in [1.82, 2.24) is 4.98 Å². The predicted molar refractivity (Wildman–Crippen MR) is 70.5 cm³/mol. The van der Waals surface area contributed by atoms with Gasteiger partial charge in [-0.2, -0.15) is 0 Å². The highest BCUT2D eigenvalue weighted by Gasteiger charge is 2.29.